The number of hydrogen-bond acceptors (Lipinski definition) is 10. The number of ether oxygens (including phenoxy) is 2. The Morgan fingerprint density at radius 3 is 2.23 bits per heavy atom. The van der Waals surface area contributed by atoms with E-state index in [0.717, 1.165) is 0 Å². The summed E-state index contributed by atoms with van der Waals surface area (Å²) in [6, 6.07) is 2.68. The van der Waals surface area contributed by atoms with Gasteiger partial charge in [-0.15, -0.1) is 0 Å². The minimum atomic E-state index is -4.75. The Morgan fingerprint density at radius 2 is 1.68 bits per heavy atom. The molecule has 1 aliphatic rings. The van der Waals surface area contributed by atoms with Crippen molar-refractivity contribution in [2.45, 2.75) is 56.8 Å². The summed E-state index contributed by atoms with van der Waals surface area (Å²) in [5, 5.41) is 7.09. The number of hydrogen-bond donors (Lipinski definition) is 1. The number of amides is 1. The maximum Gasteiger partial charge on any atom is 0.420 e. The summed E-state index contributed by atoms with van der Waals surface area (Å²) in [7, 11) is 2.96. The van der Waals surface area contributed by atoms with Crippen molar-refractivity contribution in [3.05, 3.63) is 53.7 Å². The number of alkyl halides is 5. The lowest BCUT2D eigenvalue weighted by Crippen LogP contribution is -2.45. The summed E-state index contributed by atoms with van der Waals surface area (Å²) >= 11 is 6.14. The van der Waals surface area contributed by atoms with Gasteiger partial charge in [0.15, 0.2) is 6.61 Å². The topological polar surface area (TPSA) is 133 Å². The van der Waals surface area contributed by atoms with Gasteiger partial charge in [0.1, 0.15) is 22.8 Å². The summed E-state index contributed by atoms with van der Waals surface area (Å²) in [6.45, 7) is -0.476. The standard InChI is InChI=1S/C29H29ClF5N9O3/c1-28(31,32)15-47-27(45)44(22-9-4-16(10-36-22)17-11-38-26(46-3)39-12-17)19-7-5-18(6-8-19)40-25-37-13-20(29(33,34)35)23(41-25)24-21(30)14-43(2)42-24/h4,9-14,18-19H,5-8,15H2,1-3H3,(H,37,40,41). The zero-order valence-corrected chi connectivity index (χ0v) is 26.1. The van der Waals surface area contributed by atoms with Gasteiger partial charge >= 0.3 is 18.3 Å². The van der Waals surface area contributed by atoms with Crippen molar-refractivity contribution in [2.75, 3.05) is 23.9 Å². The molecule has 4 aromatic heterocycles. The van der Waals surface area contributed by atoms with Crippen molar-refractivity contribution >= 4 is 29.5 Å². The van der Waals surface area contributed by atoms with Gasteiger partial charge in [0, 0.05) is 68.2 Å². The molecule has 250 valence electrons. The molecule has 0 unspecified atom stereocenters. The van der Waals surface area contributed by atoms with Crippen LogP contribution in [-0.2, 0) is 18.0 Å². The number of aryl methyl sites for hydroxylation is 1. The van der Waals surface area contributed by atoms with E-state index in [9.17, 15) is 26.7 Å². The summed E-state index contributed by atoms with van der Waals surface area (Å²) < 4.78 is 79.6. The monoisotopic (exact) mass is 681 g/mol. The number of carbonyl (C=O) groups is 1. The first-order valence-electron chi connectivity index (χ1n) is 14.3. The predicted octanol–water partition coefficient (Wildman–Crippen LogP) is 6.43. The van der Waals surface area contributed by atoms with E-state index in [4.69, 9.17) is 21.1 Å². The van der Waals surface area contributed by atoms with Crippen molar-refractivity contribution in [1.82, 2.24) is 34.7 Å². The number of nitrogens with one attached hydrogen (secondary N) is 1. The van der Waals surface area contributed by atoms with Gasteiger partial charge in [-0.2, -0.15) is 18.3 Å². The first kappa shape index (κ1) is 33.7. The SMILES string of the molecule is COc1ncc(-c2ccc(N(C(=O)OCC(C)(F)F)C3CCC(Nc4ncc(C(F)(F)F)c(-c5nn(C)cc5Cl)n4)CC3)nc2)cn1. The minimum Gasteiger partial charge on any atom is -0.467 e. The molecule has 12 nitrogen and oxygen atoms in total. The van der Waals surface area contributed by atoms with E-state index < -0.39 is 42.1 Å². The molecule has 47 heavy (non-hydrogen) atoms. The van der Waals surface area contributed by atoms with Gasteiger partial charge in [-0.1, -0.05) is 11.6 Å². The summed E-state index contributed by atoms with van der Waals surface area (Å²) in [6.07, 6.45) is 2.51. The van der Waals surface area contributed by atoms with Gasteiger partial charge in [0.05, 0.1) is 12.1 Å². The molecule has 4 aromatic rings. The lowest BCUT2D eigenvalue weighted by atomic mass is 9.90. The molecule has 0 saturated heterocycles. The highest BCUT2D eigenvalue weighted by molar-refractivity contribution is 6.32. The van der Waals surface area contributed by atoms with Crippen LogP contribution in [0.4, 0.5) is 38.5 Å². The Morgan fingerprint density at radius 1 is 1.00 bits per heavy atom. The van der Waals surface area contributed by atoms with Gasteiger partial charge in [-0.3, -0.25) is 9.58 Å². The van der Waals surface area contributed by atoms with Crippen molar-refractivity contribution in [2.24, 2.45) is 7.05 Å². The van der Waals surface area contributed by atoms with E-state index in [1.165, 1.54) is 36.1 Å². The molecular weight excluding hydrogens is 653 g/mol. The quantitative estimate of drug-likeness (QED) is 0.197. The molecule has 4 heterocycles. The molecule has 0 spiro atoms. The van der Waals surface area contributed by atoms with Crippen LogP contribution in [0.1, 0.15) is 38.2 Å². The fourth-order valence-corrected chi connectivity index (χ4v) is 5.35. The molecule has 0 aliphatic heterocycles. The molecule has 0 radical (unpaired) electrons. The Bertz CT molecular complexity index is 1690. The van der Waals surface area contributed by atoms with Gasteiger partial charge in [-0.25, -0.2) is 38.5 Å². The fourth-order valence-electron chi connectivity index (χ4n) is 5.08. The highest BCUT2D eigenvalue weighted by Crippen LogP contribution is 2.38. The number of halogens is 6. The summed E-state index contributed by atoms with van der Waals surface area (Å²) in [5.74, 6) is -3.11. The van der Waals surface area contributed by atoms with E-state index >= 15 is 0 Å². The van der Waals surface area contributed by atoms with Crippen LogP contribution in [0, 0.1) is 0 Å². The second-order valence-electron chi connectivity index (χ2n) is 11.0. The number of pyridine rings is 1. The number of methoxy groups -OCH3 is 1. The van der Waals surface area contributed by atoms with Crippen molar-refractivity contribution in [3.63, 3.8) is 0 Å². The Hall–Kier alpha value is -4.67. The second-order valence-corrected chi connectivity index (χ2v) is 11.4. The molecule has 5 rings (SSSR count). The van der Waals surface area contributed by atoms with Gasteiger partial charge in [0.25, 0.3) is 5.92 Å². The maximum atomic E-state index is 13.8. The highest BCUT2D eigenvalue weighted by atomic mass is 35.5. The zero-order chi connectivity index (χ0) is 33.9. The van der Waals surface area contributed by atoms with Crippen molar-refractivity contribution in [3.8, 4) is 28.5 Å². The average molecular weight is 682 g/mol. The first-order valence-corrected chi connectivity index (χ1v) is 14.7. The van der Waals surface area contributed by atoms with Gasteiger partial charge < -0.3 is 14.8 Å². The molecule has 1 fully saturated rings. The van der Waals surface area contributed by atoms with Gasteiger partial charge in [0.2, 0.25) is 5.95 Å². The zero-order valence-electron chi connectivity index (χ0n) is 25.3. The van der Waals surface area contributed by atoms with E-state index in [1.54, 1.807) is 24.5 Å². The molecule has 1 aliphatic carbocycles. The van der Waals surface area contributed by atoms with Crippen LogP contribution in [0.25, 0.3) is 22.5 Å². The summed E-state index contributed by atoms with van der Waals surface area (Å²) in [5.41, 5.74) is -0.417. The lowest BCUT2D eigenvalue weighted by molar-refractivity contribution is -0.137. The average Bonchev–Trinajstić information content (AvgIpc) is 3.37. The minimum absolute atomic E-state index is 0.00468. The van der Waals surface area contributed by atoms with E-state index in [0.29, 0.717) is 49.9 Å². The van der Waals surface area contributed by atoms with Crippen LogP contribution < -0.4 is 15.0 Å². The van der Waals surface area contributed by atoms with E-state index in [2.05, 4.69) is 35.3 Å². The van der Waals surface area contributed by atoms with Crippen LogP contribution in [-0.4, -0.2) is 72.5 Å². The van der Waals surface area contributed by atoms with Crippen LogP contribution in [0.2, 0.25) is 5.02 Å². The third-order valence-corrected chi connectivity index (χ3v) is 7.56. The molecule has 0 atom stereocenters. The van der Waals surface area contributed by atoms with Crippen molar-refractivity contribution < 1.29 is 36.2 Å². The van der Waals surface area contributed by atoms with Crippen molar-refractivity contribution in [1.29, 1.82) is 0 Å². The maximum absolute atomic E-state index is 13.8. The van der Waals surface area contributed by atoms with E-state index in [1.807, 2.05) is 0 Å². The highest BCUT2D eigenvalue weighted by Gasteiger charge is 2.38. The fraction of sp³-hybridized carbons (Fsp3) is 0.414. The third-order valence-electron chi connectivity index (χ3n) is 7.28. The van der Waals surface area contributed by atoms with Crippen LogP contribution in [0.5, 0.6) is 6.01 Å². The van der Waals surface area contributed by atoms with Crippen LogP contribution >= 0.6 is 11.6 Å². The number of carbonyl (C=O) groups excluding carboxylic acids is 1. The first-order chi connectivity index (χ1) is 22.2. The number of anilines is 2. The van der Waals surface area contributed by atoms with E-state index in [-0.39, 0.29) is 34.5 Å². The smallest absolute Gasteiger partial charge is 0.420 e. The molecule has 1 N–H and O–H groups in total. The predicted molar refractivity (Wildman–Crippen MR) is 160 cm³/mol. The second kappa shape index (κ2) is 13.6. The number of nitrogens with zero attached hydrogens (tertiary/aromatic N) is 8. The molecule has 1 amide bonds. The van der Waals surface area contributed by atoms with Crippen LogP contribution in [0.3, 0.4) is 0 Å². The molecular formula is C29H29ClF5N9O3. The Labute approximate surface area is 270 Å². The molecule has 18 heteroatoms. The number of aromatic nitrogens is 7. The Balaban J connectivity index is 1.32. The normalized spacial score (nSPS) is 16.9. The lowest BCUT2D eigenvalue weighted by Gasteiger charge is -2.36. The molecule has 0 bridgehead atoms. The largest absolute Gasteiger partial charge is 0.467 e. The molecule has 0 aromatic carbocycles. The Kier molecular flexibility index (Phi) is 9.74. The van der Waals surface area contributed by atoms with Crippen LogP contribution in [0.15, 0.2) is 43.1 Å². The van der Waals surface area contributed by atoms with Gasteiger partial charge in [-0.05, 0) is 37.8 Å². The summed E-state index contributed by atoms with van der Waals surface area (Å²) in [4.78, 5) is 34.9. The third kappa shape index (κ3) is 8.19. The number of rotatable bonds is 9. The molecule has 1 saturated carbocycles.